The Bertz CT molecular complexity index is 419. The molecular formula is C16H24O5. The van der Waals surface area contributed by atoms with Gasteiger partial charge in [0.1, 0.15) is 5.75 Å². The van der Waals surface area contributed by atoms with Crippen molar-refractivity contribution in [2.24, 2.45) is 11.8 Å². The Kier molecular flexibility index (Phi) is 5.99. The van der Waals surface area contributed by atoms with Crippen LogP contribution in [0.4, 0.5) is 0 Å². The Morgan fingerprint density at radius 3 is 2.57 bits per heavy atom. The van der Waals surface area contributed by atoms with Crippen molar-refractivity contribution in [3.8, 4) is 5.75 Å². The van der Waals surface area contributed by atoms with Crippen LogP contribution in [-0.2, 0) is 16.1 Å². The van der Waals surface area contributed by atoms with Crippen molar-refractivity contribution < 1.29 is 24.4 Å². The van der Waals surface area contributed by atoms with Crippen LogP contribution in [-0.4, -0.2) is 42.9 Å². The lowest BCUT2D eigenvalue weighted by Crippen LogP contribution is -2.24. The summed E-state index contributed by atoms with van der Waals surface area (Å²) in [6.45, 7) is 2.98. The van der Waals surface area contributed by atoms with E-state index in [1.165, 1.54) is 0 Å². The molecule has 0 aliphatic carbocycles. The molecule has 0 aromatic heterocycles. The zero-order valence-corrected chi connectivity index (χ0v) is 12.6. The summed E-state index contributed by atoms with van der Waals surface area (Å²) >= 11 is 0. The van der Waals surface area contributed by atoms with E-state index in [-0.39, 0.29) is 24.5 Å². The van der Waals surface area contributed by atoms with E-state index < -0.39 is 6.29 Å². The molecule has 2 N–H and O–H groups in total. The summed E-state index contributed by atoms with van der Waals surface area (Å²) < 4.78 is 16.2. The molecule has 1 aromatic carbocycles. The second-order valence-corrected chi connectivity index (χ2v) is 5.46. The first kappa shape index (κ1) is 16.2. The second-order valence-electron chi connectivity index (χ2n) is 5.46. The fraction of sp³-hybridized carbons (Fsp3) is 0.625. The zero-order chi connectivity index (χ0) is 15.2. The number of methoxy groups -OCH3 is 1. The Balaban J connectivity index is 1.71. The van der Waals surface area contributed by atoms with Gasteiger partial charge in [0, 0.05) is 25.0 Å². The van der Waals surface area contributed by atoms with Gasteiger partial charge in [0.25, 0.3) is 0 Å². The van der Waals surface area contributed by atoms with E-state index in [1.54, 1.807) is 7.11 Å². The van der Waals surface area contributed by atoms with Crippen LogP contribution in [0.3, 0.4) is 0 Å². The molecule has 1 unspecified atom stereocenters. The van der Waals surface area contributed by atoms with Crippen LogP contribution in [0.25, 0.3) is 0 Å². The molecule has 1 fully saturated rings. The third-order valence-electron chi connectivity index (χ3n) is 4.10. The predicted molar refractivity (Wildman–Crippen MR) is 77.9 cm³/mol. The third kappa shape index (κ3) is 4.17. The van der Waals surface area contributed by atoms with E-state index in [1.807, 2.05) is 31.2 Å². The second kappa shape index (κ2) is 7.75. The largest absolute Gasteiger partial charge is 0.497 e. The van der Waals surface area contributed by atoms with Gasteiger partial charge in [0.2, 0.25) is 0 Å². The normalized spacial score (nSPS) is 28.8. The summed E-state index contributed by atoms with van der Waals surface area (Å²) in [5.74, 6) is 0.762. The van der Waals surface area contributed by atoms with Crippen LogP contribution in [0.15, 0.2) is 24.3 Å². The van der Waals surface area contributed by atoms with Gasteiger partial charge in [-0.1, -0.05) is 19.1 Å². The van der Waals surface area contributed by atoms with Crippen LogP contribution >= 0.6 is 0 Å². The topological polar surface area (TPSA) is 68.2 Å². The van der Waals surface area contributed by atoms with Gasteiger partial charge in [0.15, 0.2) is 6.29 Å². The van der Waals surface area contributed by atoms with Crippen molar-refractivity contribution in [3.63, 3.8) is 0 Å². The molecule has 0 amide bonds. The Morgan fingerprint density at radius 2 is 1.95 bits per heavy atom. The maximum absolute atomic E-state index is 9.67. The number of aliphatic hydroxyl groups is 2. The monoisotopic (exact) mass is 296 g/mol. The molecule has 0 spiro atoms. The van der Waals surface area contributed by atoms with Crippen molar-refractivity contribution >= 4 is 0 Å². The predicted octanol–water partition coefficient (Wildman–Crippen LogP) is 1.56. The first-order valence-electron chi connectivity index (χ1n) is 7.30. The lowest BCUT2D eigenvalue weighted by Gasteiger charge is -2.17. The molecule has 21 heavy (non-hydrogen) atoms. The summed E-state index contributed by atoms with van der Waals surface area (Å²) in [7, 11) is 1.64. The van der Waals surface area contributed by atoms with Gasteiger partial charge in [-0.2, -0.15) is 0 Å². The Labute approximate surface area is 125 Å². The average Bonchev–Trinajstić information content (AvgIpc) is 2.78. The molecular weight excluding hydrogens is 272 g/mol. The van der Waals surface area contributed by atoms with Crippen molar-refractivity contribution in [3.05, 3.63) is 29.8 Å². The molecule has 1 aliphatic rings. The van der Waals surface area contributed by atoms with E-state index in [2.05, 4.69) is 0 Å². The van der Waals surface area contributed by atoms with E-state index in [0.717, 1.165) is 11.3 Å². The average molecular weight is 296 g/mol. The first-order chi connectivity index (χ1) is 10.2. The lowest BCUT2D eigenvalue weighted by atomic mass is 9.91. The smallest absolute Gasteiger partial charge is 0.157 e. The van der Waals surface area contributed by atoms with Crippen LogP contribution in [0.5, 0.6) is 5.75 Å². The van der Waals surface area contributed by atoms with Gasteiger partial charge >= 0.3 is 0 Å². The maximum atomic E-state index is 9.67. The summed E-state index contributed by atoms with van der Waals surface area (Å²) in [5.41, 5.74) is 1.08. The molecule has 2 rings (SSSR count). The fourth-order valence-corrected chi connectivity index (χ4v) is 2.63. The minimum atomic E-state index is -0.784. The highest BCUT2D eigenvalue weighted by Crippen LogP contribution is 2.32. The van der Waals surface area contributed by atoms with E-state index in [0.29, 0.717) is 19.6 Å². The highest BCUT2D eigenvalue weighted by atomic mass is 16.6. The van der Waals surface area contributed by atoms with Crippen LogP contribution < -0.4 is 4.74 Å². The van der Waals surface area contributed by atoms with Gasteiger partial charge in [0.05, 0.1) is 19.8 Å². The van der Waals surface area contributed by atoms with E-state index >= 15 is 0 Å². The van der Waals surface area contributed by atoms with Crippen molar-refractivity contribution in [2.45, 2.75) is 32.3 Å². The molecule has 5 heteroatoms. The van der Waals surface area contributed by atoms with Gasteiger partial charge in [-0.15, -0.1) is 0 Å². The standard InChI is InChI=1S/C16H24O5/c1-11-14(9-17)15(21-16(11)18)7-8-20-10-12-3-5-13(19-2)6-4-12/h3-6,11,14-18H,7-10H2,1-2H3/t11-,14+,15+,16?/m0/s1. The molecule has 0 saturated carbocycles. The van der Waals surface area contributed by atoms with Gasteiger partial charge in [-0.25, -0.2) is 0 Å². The van der Waals surface area contributed by atoms with Gasteiger partial charge < -0.3 is 24.4 Å². The number of benzene rings is 1. The third-order valence-corrected chi connectivity index (χ3v) is 4.10. The van der Waals surface area contributed by atoms with Crippen LogP contribution in [0.1, 0.15) is 18.9 Å². The van der Waals surface area contributed by atoms with Gasteiger partial charge in [-0.3, -0.25) is 0 Å². The molecule has 1 saturated heterocycles. The zero-order valence-electron chi connectivity index (χ0n) is 12.6. The summed E-state index contributed by atoms with van der Waals surface area (Å²) in [5, 5.41) is 19.0. The molecule has 0 radical (unpaired) electrons. The Hall–Kier alpha value is -1.14. The van der Waals surface area contributed by atoms with Crippen LogP contribution in [0, 0.1) is 11.8 Å². The summed E-state index contributed by atoms with van der Waals surface area (Å²) in [4.78, 5) is 0. The van der Waals surface area contributed by atoms with Crippen molar-refractivity contribution in [2.75, 3.05) is 20.3 Å². The lowest BCUT2D eigenvalue weighted by molar-refractivity contribution is -0.111. The highest BCUT2D eigenvalue weighted by Gasteiger charge is 2.39. The maximum Gasteiger partial charge on any atom is 0.157 e. The van der Waals surface area contributed by atoms with E-state index in [9.17, 15) is 10.2 Å². The quantitative estimate of drug-likeness (QED) is 0.748. The molecule has 4 atom stereocenters. The molecule has 1 heterocycles. The first-order valence-corrected chi connectivity index (χ1v) is 7.30. The number of hydrogen-bond donors (Lipinski definition) is 2. The van der Waals surface area contributed by atoms with E-state index in [4.69, 9.17) is 14.2 Å². The van der Waals surface area contributed by atoms with Crippen molar-refractivity contribution in [1.82, 2.24) is 0 Å². The molecule has 1 aliphatic heterocycles. The number of rotatable bonds is 7. The van der Waals surface area contributed by atoms with Crippen molar-refractivity contribution in [1.29, 1.82) is 0 Å². The Morgan fingerprint density at radius 1 is 1.24 bits per heavy atom. The molecule has 118 valence electrons. The number of aliphatic hydroxyl groups excluding tert-OH is 2. The minimum absolute atomic E-state index is 0.0235. The minimum Gasteiger partial charge on any atom is -0.497 e. The molecule has 1 aromatic rings. The highest BCUT2D eigenvalue weighted by molar-refractivity contribution is 5.26. The molecule has 0 bridgehead atoms. The SMILES string of the molecule is COc1ccc(COCC[C@H]2OC(O)[C@@H](C)[C@H]2CO)cc1. The summed E-state index contributed by atoms with van der Waals surface area (Å²) in [6, 6.07) is 7.73. The fourth-order valence-electron chi connectivity index (χ4n) is 2.63. The number of hydrogen-bond acceptors (Lipinski definition) is 5. The van der Waals surface area contributed by atoms with Crippen LogP contribution in [0.2, 0.25) is 0 Å². The van der Waals surface area contributed by atoms with Gasteiger partial charge in [-0.05, 0) is 24.1 Å². The summed E-state index contributed by atoms with van der Waals surface area (Å²) in [6.07, 6.45) is -0.257. The molecule has 5 nitrogen and oxygen atoms in total. The number of ether oxygens (including phenoxy) is 3.